The molecule has 2 N–H and O–H groups in total. The molecule has 0 unspecified atom stereocenters. The van der Waals surface area contributed by atoms with Crippen molar-refractivity contribution >= 4 is 6.09 Å². The number of hydrogen-bond acceptors (Lipinski definition) is 3. The van der Waals surface area contributed by atoms with Crippen LogP contribution in [0.4, 0.5) is 4.79 Å². The van der Waals surface area contributed by atoms with Gasteiger partial charge in [-0.15, -0.1) is 0 Å². The topological polar surface area (TPSA) is 55.6 Å². The van der Waals surface area contributed by atoms with Crippen molar-refractivity contribution in [2.45, 2.75) is 64.5 Å². The van der Waals surface area contributed by atoms with Crippen LogP contribution in [0.3, 0.4) is 0 Å². The predicted octanol–water partition coefficient (Wildman–Crippen LogP) is 2.51. The maximum Gasteiger partial charge on any atom is 0.410 e. The highest BCUT2D eigenvalue weighted by Crippen LogP contribution is 2.43. The number of ether oxygens (including phenoxy) is 1. The van der Waals surface area contributed by atoms with Crippen molar-refractivity contribution in [3.05, 3.63) is 0 Å². The number of carbonyl (C=O) groups excluding carboxylic acids is 1. The van der Waals surface area contributed by atoms with Crippen molar-refractivity contribution in [1.29, 1.82) is 0 Å². The first-order valence-electron chi connectivity index (χ1n) is 7.03. The summed E-state index contributed by atoms with van der Waals surface area (Å²) in [6.07, 6.45) is 5.47. The first kappa shape index (κ1) is 13.7. The summed E-state index contributed by atoms with van der Waals surface area (Å²) in [5.74, 6) is 0. The third-order valence-corrected chi connectivity index (χ3v) is 4.18. The van der Waals surface area contributed by atoms with Crippen LogP contribution in [-0.4, -0.2) is 35.7 Å². The molecular weight excluding hydrogens is 228 g/mol. The van der Waals surface area contributed by atoms with Gasteiger partial charge in [-0.1, -0.05) is 0 Å². The maximum atomic E-state index is 12.0. The average molecular weight is 254 g/mol. The lowest BCUT2D eigenvalue weighted by Crippen LogP contribution is -2.39. The first-order chi connectivity index (χ1) is 8.30. The number of rotatable bonds is 0. The Morgan fingerprint density at radius 3 is 2.44 bits per heavy atom. The van der Waals surface area contributed by atoms with Crippen LogP contribution in [0.15, 0.2) is 0 Å². The van der Waals surface area contributed by atoms with E-state index in [-0.39, 0.29) is 6.09 Å². The second-order valence-electron chi connectivity index (χ2n) is 6.99. The van der Waals surface area contributed by atoms with Gasteiger partial charge in [0.2, 0.25) is 0 Å². The van der Waals surface area contributed by atoms with Crippen molar-refractivity contribution in [2.75, 3.05) is 13.1 Å². The number of likely N-dealkylation sites (tertiary alicyclic amines) is 1. The van der Waals surface area contributed by atoms with E-state index in [2.05, 4.69) is 0 Å². The summed E-state index contributed by atoms with van der Waals surface area (Å²) < 4.78 is 5.44. The monoisotopic (exact) mass is 254 g/mol. The minimum absolute atomic E-state index is 0.158. The molecular formula is C14H26N2O2. The molecule has 4 nitrogen and oxygen atoms in total. The molecule has 1 spiro atoms. The minimum atomic E-state index is -0.401. The lowest BCUT2D eigenvalue weighted by atomic mass is 9.72. The van der Waals surface area contributed by atoms with Gasteiger partial charge < -0.3 is 15.4 Å². The van der Waals surface area contributed by atoms with E-state index in [1.54, 1.807) is 0 Å². The van der Waals surface area contributed by atoms with Gasteiger partial charge >= 0.3 is 6.09 Å². The molecule has 0 aromatic carbocycles. The number of carbonyl (C=O) groups is 1. The van der Waals surface area contributed by atoms with Gasteiger partial charge in [-0.3, -0.25) is 0 Å². The Hall–Kier alpha value is -0.770. The van der Waals surface area contributed by atoms with Crippen LogP contribution in [0.1, 0.15) is 52.9 Å². The second kappa shape index (κ2) is 4.72. The van der Waals surface area contributed by atoms with E-state index in [4.69, 9.17) is 10.5 Å². The molecule has 0 radical (unpaired) electrons. The van der Waals surface area contributed by atoms with E-state index in [0.717, 1.165) is 45.2 Å². The largest absolute Gasteiger partial charge is 0.444 e. The van der Waals surface area contributed by atoms with Gasteiger partial charge in [0.15, 0.2) is 0 Å². The fourth-order valence-electron chi connectivity index (χ4n) is 3.08. The van der Waals surface area contributed by atoms with Crippen LogP contribution in [0.2, 0.25) is 0 Å². The van der Waals surface area contributed by atoms with Gasteiger partial charge in [0, 0.05) is 19.1 Å². The van der Waals surface area contributed by atoms with E-state index in [0.29, 0.717) is 11.5 Å². The Labute approximate surface area is 110 Å². The lowest BCUT2D eigenvalue weighted by molar-refractivity contribution is 0.0261. The SMILES string of the molecule is CC(C)(C)OC(=O)N1CCC2(CCC(N)CC2)C1. The first-order valence-corrected chi connectivity index (χ1v) is 7.03. The highest BCUT2D eigenvalue weighted by Gasteiger charge is 2.42. The van der Waals surface area contributed by atoms with E-state index < -0.39 is 5.60 Å². The summed E-state index contributed by atoms with van der Waals surface area (Å²) in [6, 6.07) is 0.367. The fraction of sp³-hybridized carbons (Fsp3) is 0.929. The molecule has 0 atom stereocenters. The minimum Gasteiger partial charge on any atom is -0.444 e. The summed E-state index contributed by atoms with van der Waals surface area (Å²) in [5, 5.41) is 0. The van der Waals surface area contributed by atoms with E-state index in [1.807, 2.05) is 25.7 Å². The van der Waals surface area contributed by atoms with Crippen molar-refractivity contribution in [1.82, 2.24) is 4.90 Å². The summed E-state index contributed by atoms with van der Waals surface area (Å²) in [7, 11) is 0. The standard InChI is InChI=1S/C14H26N2O2/c1-13(2,3)18-12(17)16-9-8-14(10-16)6-4-11(15)5-7-14/h11H,4-10,15H2,1-3H3. The highest BCUT2D eigenvalue weighted by molar-refractivity contribution is 5.68. The third kappa shape index (κ3) is 3.16. The van der Waals surface area contributed by atoms with Gasteiger partial charge in [0.1, 0.15) is 5.60 Å². The van der Waals surface area contributed by atoms with Gasteiger partial charge in [-0.2, -0.15) is 0 Å². The van der Waals surface area contributed by atoms with Crippen LogP contribution in [0.5, 0.6) is 0 Å². The van der Waals surface area contributed by atoms with E-state index >= 15 is 0 Å². The Kier molecular flexibility index (Phi) is 3.58. The number of nitrogens with two attached hydrogens (primary N) is 1. The van der Waals surface area contributed by atoms with Crippen LogP contribution >= 0.6 is 0 Å². The van der Waals surface area contributed by atoms with E-state index in [1.165, 1.54) is 0 Å². The zero-order valence-electron chi connectivity index (χ0n) is 11.9. The van der Waals surface area contributed by atoms with Gasteiger partial charge in [0.05, 0.1) is 0 Å². The molecule has 1 aliphatic carbocycles. The van der Waals surface area contributed by atoms with Gasteiger partial charge in [0.25, 0.3) is 0 Å². The van der Waals surface area contributed by atoms with Crippen LogP contribution in [0, 0.1) is 5.41 Å². The Morgan fingerprint density at radius 1 is 1.28 bits per heavy atom. The molecule has 2 rings (SSSR count). The summed E-state index contributed by atoms with van der Waals surface area (Å²) in [6.45, 7) is 7.43. The zero-order chi connectivity index (χ0) is 13.4. The Morgan fingerprint density at radius 2 is 1.89 bits per heavy atom. The highest BCUT2D eigenvalue weighted by atomic mass is 16.6. The van der Waals surface area contributed by atoms with E-state index in [9.17, 15) is 4.79 Å². The smallest absolute Gasteiger partial charge is 0.410 e. The van der Waals surface area contributed by atoms with Crippen LogP contribution in [-0.2, 0) is 4.74 Å². The summed E-state index contributed by atoms with van der Waals surface area (Å²) in [5.41, 5.74) is 5.88. The molecule has 18 heavy (non-hydrogen) atoms. The molecule has 0 bridgehead atoms. The van der Waals surface area contributed by atoms with Crippen LogP contribution in [0.25, 0.3) is 0 Å². The molecule has 1 saturated carbocycles. The molecule has 0 aromatic rings. The van der Waals surface area contributed by atoms with Crippen molar-refractivity contribution in [3.63, 3.8) is 0 Å². The van der Waals surface area contributed by atoms with Gasteiger partial charge in [-0.25, -0.2) is 4.79 Å². The zero-order valence-corrected chi connectivity index (χ0v) is 11.9. The van der Waals surface area contributed by atoms with Crippen molar-refractivity contribution in [3.8, 4) is 0 Å². The molecule has 4 heteroatoms. The summed E-state index contributed by atoms with van der Waals surface area (Å²) in [4.78, 5) is 13.9. The normalized spacial score (nSPS) is 32.9. The molecule has 1 heterocycles. The van der Waals surface area contributed by atoms with Crippen molar-refractivity contribution in [2.24, 2.45) is 11.1 Å². The predicted molar refractivity (Wildman–Crippen MR) is 71.3 cm³/mol. The van der Waals surface area contributed by atoms with Crippen LogP contribution < -0.4 is 5.73 Å². The number of amides is 1. The second-order valence-corrected chi connectivity index (χ2v) is 6.99. The van der Waals surface area contributed by atoms with Crippen molar-refractivity contribution < 1.29 is 9.53 Å². The molecule has 2 fully saturated rings. The maximum absolute atomic E-state index is 12.0. The summed E-state index contributed by atoms with van der Waals surface area (Å²) >= 11 is 0. The number of nitrogens with zero attached hydrogens (tertiary/aromatic N) is 1. The quantitative estimate of drug-likeness (QED) is 0.722. The molecule has 2 aliphatic rings. The molecule has 0 aromatic heterocycles. The number of hydrogen-bond donors (Lipinski definition) is 1. The Bertz CT molecular complexity index is 314. The third-order valence-electron chi connectivity index (χ3n) is 4.18. The Balaban J connectivity index is 1.90. The van der Waals surface area contributed by atoms with Gasteiger partial charge in [-0.05, 0) is 58.3 Å². The molecule has 1 saturated heterocycles. The lowest BCUT2D eigenvalue weighted by Gasteiger charge is -2.36. The molecule has 1 amide bonds. The average Bonchev–Trinajstić information content (AvgIpc) is 2.65. The molecule has 1 aliphatic heterocycles. The fourth-order valence-corrected chi connectivity index (χ4v) is 3.08. The molecule has 104 valence electrons.